The molecule has 1 aromatic rings. The molecule has 19 heavy (non-hydrogen) atoms. The van der Waals surface area contributed by atoms with Crippen molar-refractivity contribution in [1.82, 2.24) is 0 Å². The summed E-state index contributed by atoms with van der Waals surface area (Å²) in [5.41, 5.74) is -0.332. The summed E-state index contributed by atoms with van der Waals surface area (Å²) in [6.07, 6.45) is 1.35. The van der Waals surface area contributed by atoms with Crippen LogP contribution in [0.4, 0.5) is 8.78 Å². The van der Waals surface area contributed by atoms with E-state index in [1.807, 2.05) is 6.92 Å². The highest BCUT2D eigenvalue weighted by molar-refractivity contribution is 5.97. The van der Waals surface area contributed by atoms with Gasteiger partial charge in [0.25, 0.3) is 0 Å². The van der Waals surface area contributed by atoms with Crippen molar-refractivity contribution in [3.63, 3.8) is 0 Å². The van der Waals surface area contributed by atoms with E-state index in [2.05, 4.69) is 0 Å². The number of halogens is 2. The smallest absolute Gasteiger partial charge is 0.306 e. The third kappa shape index (κ3) is 4.77. The second-order valence-electron chi connectivity index (χ2n) is 4.10. The molecule has 0 spiro atoms. The quantitative estimate of drug-likeness (QED) is 0.434. The highest BCUT2D eigenvalue weighted by Crippen LogP contribution is 2.14. The third-order valence-electron chi connectivity index (χ3n) is 2.57. The highest BCUT2D eigenvalue weighted by atomic mass is 19.2. The van der Waals surface area contributed by atoms with Gasteiger partial charge in [-0.15, -0.1) is 0 Å². The number of Topliss-reactive ketones (excluding diaryl/α,β-unsaturated/α-hetero) is 1. The number of esters is 1. The van der Waals surface area contributed by atoms with Crippen molar-refractivity contribution in [3.05, 3.63) is 35.4 Å². The van der Waals surface area contributed by atoms with Crippen LogP contribution in [0, 0.1) is 11.6 Å². The molecule has 0 heterocycles. The second kappa shape index (κ2) is 7.61. The largest absolute Gasteiger partial charge is 0.466 e. The lowest BCUT2D eigenvalue weighted by molar-refractivity contribution is -0.143. The molecular weight excluding hydrogens is 254 g/mol. The number of ether oxygens (including phenoxy) is 1. The summed E-state index contributed by atoms with van der Waals surface area (Å²) < 4.78 is 31.1. The summed E-state index contributed by atoms with van der Waals surface area (Å²) in [5.74, 6) is -3.36. The number of benzene rings is 1. The van der Waals surface area contributed by atoms with E-state index < -0.39 is 23.4 Å². The fourth-order valence-electron chi connectivity index (χ4n) is 1.47. The van der Waals surface area contributed by atoms with Crippen LogP contribution in [0.3, 0.4) is 0 Å². The van der Waals surface area contributed by atoms with Crippen LogP contribution >= 0.6 is 0 Å². The summed E-state index contributed by atoms with van der Waals surface area (Å²) in [6.45, 7) is 2.28. The van der Waals surface area contributed by atoms with Gasteiger partial charge in [-0.2, -0.15) is 0 Å². The summed E-state index contributed by atoms with van der Waals surface area (Å²) in [5, 5.41) is 0. The molecule has 0 radical (unpaired) electrons. The van der Waals surface area contributed by atoms with Gasteiger partial charge in [0.1, 0.15) is 0 Å². The van der Waals surface area contributed by atoms with Crippen LogP contribution in [-0.4, -0.2) is 18.4 Å². The van der Waals surface area contributed by atoms with Crippen LogP contribution in [-0.2, 0) is 9.53 Å². The van der Waals surface area contributed by atoms with E-state index in [-0.39, 0.29) is 18.4 Å². The summed E-state index contributed by atoms with van der Waals surface area (Å²) in [4.78, 5) is 22.9. The van der Waals surface area contributed by atoms with Crippen molar-refractivity contribution >= 4 is 11.8 Å². The molecule has 0 saturated heterocycles. The van der Waals surface area contributed by atoms with Crippen LogP contribution in [0.25, 0.3) is 0 Å². The maximum Gasteiger partial charge on any atom is 0.306 e. The van der Waals surface area contributed by atoms with Crippen LogP contribution in [0.5, 0.6) is 0 Å². The Morgan fingerprint density at radius 3 is 2.63 bits per heavy atom. The van der Waals surface area contributed by atoms with Gasteiger partial charge in [-0.25, -0.2) is 8.78 Å². The normalized spacial score (nSPS) is 10.3. The predicted molar refractivity (Wildman–Crippen MR) is 65.8 cm³/mol. The molecule has 0 aliphatic heterocycles. The van der Waals surface area contributed by atoms with Gasteiger partial charge in [-0.1, -0.05) is 19.4 Å². The Kier molecular flexibility index (Phi) is 6.12. The van der Waals surface area contributed by atoms with Crippen LogP contribution in [0.1, 0.15) is 43.0 Å². The molecule has 0 unspecified atom stereocenters. The molecule has 0 atom stereocenters. The van der Waals surface area contributed by atoms with Crippen molar-refractivity contribution in [2.75, 3.05) is 6.61 Å². The van der Waals surface area contributed by atoms with Crippen LogP contribution in [0.15, 0.2) is 18.2 Å². The van der Waals surface area contributed by atoms with E-state index in [0.29, 0.717) is 6.61 Å². The molecule has 5 heteroatoms. The molecule has 1 aromatic carbocycles. The van der Waals surface area contributed by atoms with Gasteiger partial charge in [0.05, 0.1) is 18.6 Å². The number of carbonyl (C=O) groups is 2. The Bertz CT molecular complexity index is 458. The van der Waals surface area contributed by atoms with Gasteiger partial charge < -0.3 is 4.74 Å². The Balaban J connectivity index is 2.47. The molecular formula is C14H16F2O3. The maximum absolute atomic E-state index is 13.3. The Morgan fingerprint density at radius 1 is 1.21 bits per heavy atom. The lowest BCUT2D eigenvalue weighted by Crippen LogP contribution is -2.10. The SMILES string of the molecule is CCCCOC(=O)CCC(=O)c1cccc(F)c1F. The Hall–Kier alpha value is -1.78. The lowest BCUT2D eigenvalue weighted by Gasteiger charge is -2.04. The topological polar surface area (TPSA) is 43.4 Å². The lowest BCUT2D eigenvalue weighted by atomic mass is 10.1. The zero-order valence-corrected chi connectivity index (χ0v) is 10.7. The zero-order valence-electron chi connectivity index (χ0n) is 10.7. The van der Waals surface area contributed by atoms with E-state index in [9.17, 15) is 18.4 Å². The van der Waals surface area contributed by atoms with Crippen molar-refractivity contribution in [3.8, 4) is 0 Å². The first-order valence-electron chi connectivity index (χ1n) is 6.19. The Labute approximate surface area is 110 Å². The number of carbonyl (C=O) groups excluding carboxylic acids is 2. The number of hydrogen-bond acceptors (Lipinski definition) is 3. The minimum Gasteiger partial charge on any atom is -0.466 e. The van der Waals surface area contributed by atoms with Gasteiger partial charge >= 0.3 is 5.97 Å². The fourth-order valence-corrected chi connectivity index (χ4v) is 1.47. The minimum atomic E-state index is -1.17. The first-order valence-corrected chi connectivity index (χ1v) is 6.19. The van der Waals surface area contributed by atoms with Gasteiger partial charge in [0, 0.05) is 6.42 Å². The summed E-state index contributed by atoms with van der Waals surface area (Å²) in [6, 6.07) is 3.39. The minimum absolute atomic E-state index is 0.126. The van der Waals surface area contributed by atoms with Gasteiger partial charge in [0.15, 0.2) is 17.4 Å². The average molecular weight is 270 g/mol. The Morgan fingerprint density at radius 2 is 1.95 bits per heavy atom. The standard InChI is InChI=1S/C14H16F2O3/c1-2-3-9-19-13(18)8-7-12(17)10-5-4-6-11(15)14(10)16/h4-6H,2-3,7-9H2,1H3. The molecule has 0 saturated carbocycles. The highest BCUT2D eigenvalue weighted by Gasteiger charge is 2.16. The first kappa shape index (κ1) is 15.3. The molecule has 0 aliphatic rings. The predicted octanol–water partition coefficient (Wildman–Crippen LogP) is 3.27. The number of rotatable bonds is 7. The monoisotopic (exact) mass is 270 g/mol. The third-order valence-corrected chi connectivity index (χ3v) is 2.57. The van der Waals surface area contributed by atoms with Gasteiger partial charge in [-0.05, 0) is 18.6 Å². The maximum atomic E-state index is 13.3. The van der Waals surface area contributed by atoms with Crippen molar-refractivity contribution in [2.24, 2.45) is 0 Å². The molecule has 104 valence electrons. The molecule has 1 rings (SSSR count). The number of hydrogen-bond donors (Lipinski definition) is 0. The molecule has 0 amide bonds. The number of unbranched alkanes of at least 4 members (excludes halogenated alkanes) is 1. The van der Waals surface area contributed by atoms with Crippen LogP contribution in [0.2, 0.25) is 0 Å². The van der Waals surface area contributed by atoms with Crippen molar-refractivity contribution in [2.45, 2.75) is 32.6 Å². The van der Waals surface area contributed by atoms with Crippen molar-refractivity contribution < 1.29 is 23.1 Å². The zero-order chi connectivity index (χ0) is 14.3. The van der Waals surface area contributed by atoms with E-state index in [4.69, 9.17) is 4.74 Å². The second-order valence-corrected chi connectivity index (χ2v) is 4.10. The molecule has 0 bridgehead atoms. The van der Waals surface area contributed by atoms with Gasteiger partial charge in [-0.3, -0.25) is 9.59 Å². The first-order chi connectivity index (χ1) is 9.06. The van der Waals surface area contributed by atoms with Gasteiger partial charge in [0.2, 0.25) is 0 Å². The van der Waals surface area contributed by atoms with E-state index >= 15 is 0 Å². The molecule has 0 N–H and O–H groups in total. The summed E-state index contributed by atoms with van der Waals surface area (Å²) in [7, 11) is 0. The number of ketones is 1. The van der Waals surface area contributed by atoms with E-state index in [0.717, 1.165) is 18.9 Å². The molecule has 0 aromatic heterocycles. The van der Waals surface area contributed by atoms with Crippen LogP contribution < -0.4 is 0 Å². The molecule has 3 nitrogen and oxygen atoms in total. The molecule has 0 aliphatic carbocycles. The molecule has 0 fully saturated rings. The van der Waals surface area contributed by atoms with E-state index in [1.165, 1.54) is 12.1 Å². The van der Waals surface area contributed by atoms with E-state index in [1.54, 1.807) is 0 Å². The fraction of sp³-hybridized carbons (Fsp3) is 0.429. The summed E-state index contributed by atoms with van der Waals surface area (Å²) >= 11 is 0. The van der Waals surface area contributed by atoms with Crippen molar-refractivity contribution in [1.29, 1.82) is 0 Å². The average Bonchev–Trinajstić information content (AvgIpc) is 2.39.